The van der Waals surface area contributed by atoms with Crippen LogP contribution in [-0.2, 0) is 10.5 Å². The van der Waals surface area contributed by atoms with Gasteiger partial charge >= 0.3 is 5.69 Å². The van der Waals surface area contributed by atoms with Gasteiger partial charge in [-0.3, -0.25) is 4.57 Å². The van der Waals surface area contributed by atoms with Crippen LogP contribution in [0.3, 0.4) is 0 Å². The molecule has 0 aromatic carbocycles. The molecule has 8 nitrogen and oxygen atoms in total. The second-order valence-electron chi connectivity index (χ2n) is 3.86. The van der Waals surface area contributed by atoms with Gasteiger partial charge in [-0.1, -0.05) is 0 Å². The summed E-state index contributed by atoms with van der Waals surface area (Å²) in [6, 6.07) is 1.32. The first-order chi connectivity index (χ1) is 7.99. The lowest BCUT2D eigenvalue weighted by atomic mass is 10.1. The zero-order chi connectivity index (χ0) is 12.6. The first-order valence-electron chi connectivity index (χ1n) is 4.97. The molecule has 1 saturated heterocycles. The first-order valence-corrected chi connectivity index (χ1v) is 4.97. The van der Waals surface area contributed by atoms with Crippen molar-refractivity contribution < 1.29 is 20.1 Å². The van der Waals surface area contributed by atoms with E-state index in [4.69, 9.17) is 15.6 Å². The van der Waals surface area contributed by atoms with Gasteiger partial charge in [-0.2, -0.15) is 4.98 Å². The molecule has 0 saturated carbocycles. The summed E-state index contributed by atoms with van der Waals surface area (Å²) in [7, 11) is 0. The summed E-state index contributed by atoms with van der Waals surface area (Å²) in [5.41, 5.74) is 2.58. The molecule has 17 heavy (non-hydrogen) atoms. The Balaban J connectivity index is 2.42. The van der Waals surface area contributed by atoms with Crippen LogP contribution in [0.25, 0.3) is 0 Å². The van der Waals surface area contributed by atoms with Crippen molar-refractivity contribution in [2.24, 2.45) is 0 Å². The van der Waals surface area contributed by atoms with Crippen molar-refractivity contribution in [2.75, 3.05) is 18.9 Å². The predicted octanol–water partition coefficient (Wildman–Crippen LogP) is -2.78. The number of nitrogens with two attached hydrogens (primary N) is 1. The van der Waals surface area contributed by atoms with Gasteiger partial charge in [0.25, 0.3) is 0 Å². The average Bonchev–Trinajstić information content (AvgIpc) is 2.56. The number of nitrogens with zero attached hydrogens (tertiary/aromatic N) is 2. The molecule has 1 aromatic heterocycles. The van der Waals surface area contributed by atoms with E-state index >= 15 is 0 Å². The van der Waals surface area contributed by atoms with Gasteiger partial charge in [-0.25, -0.2) is 4.79 Å². The summed E-state index contributed by atoms with van der Waals surface area (Å²) in [5.74, 6) is 0.0157. The topological polar surface area (TPSA) is 131 Å². The average molecular weight is 243 g/mol. The Morgan fingerprint density at radius 3 is 2.94 bits per heavy atom. The highest BCUT2D eigenvalue weighted by Crippen LogP contribution is 2.28. The molecule has 5 N–H and O–H groups in total. The van der Waals surface area contributed by atoms with Crippen LogP contribution in [0.1, 0.15) is 0 Å². The molecule has 2 heterocycles. The molecule has 1 aliphatic rings. The van der Waals surface area contributed by atoms with E-state index in [0.717, 1.165) is 4.57 Å². The molecule has 0 amide bonds. The predicted molar refractivity (Wildman–Crippen MR) is 55.9 cm³/mol. The smallest absolute Gasteiger partial charge is 0.351 e. The summed E-state index contributed by atoms with van der Waals surface area (Å²) in [5, 5.41) is 28.9. The van der Waals surface area contributed by atoms with Gasteiger partial charge in [0.15, 0.2) is 5.72 Å². The zero-order valence-electron chi connectivity index (χ0n) is 8.85. The second kappa shape index (κ2) is 4.08. The zero-order valence-corrected chi connectivity index (χ0v) is 8.85. The molecule has 94 valence electrons. The SMILES string of the molecule is Nc1ccn(C2(O)COC(CO)C2O)c(=O)n1. The quantitative estimate of drug-likeness (QED) is 0.442. The molecule has 3 unspecified atom stereocenters. The minimum absolute atomic E-state index is 0.0157. The fraction of sp³-hybridized carbons (Fsp3) is 0.556. The Labute approximate surface area is 95.9 Å². The minimum atomic E-state index is -1.94. The van der Waals surface area contributed by atoms with Crippen molar-refractivity contribution in [3.8, 4) is 0 Å². The number of anilines is 1. The second-order valence-corrected chi connectivity index (χ2v) is 3.86. The first kappa shape index (κ1) is 12.0. The highest BCUT2D eigenvalue weighted by Gasteiger charge is 2.49. The fourth-order valence-electron chi connectivity index (χ4n) is 1.78. The van der Waals surface area contributed by atoms with Crippen LogP contribution in [0.15, 0.2) is 17.1 Å². The number of hydrogen-bond acceptors (Lipinski definition) is 7. The van der Waals surface area contributed by atoms with E-state index in [1.165, 1.54) is 12.3 Å². The highest BCUT2D eigenvalue weighted by atomic mass is 16.5. The largest absolute Gasteiger partial charge is 0.394 e. The van der Waals surface area contributed by atoms with E-state index in [0.29, 0.717) is 0 Å². The third kappa shape index (κ3) is 1.80. The van der Waals surface area contributed by atoms with Crippen molar-refractivity contribution in [3.63, 3.8) is 0 Å². The lowest BCUT2D eigenvalue weighted by molar-refractivity contribution is -0.115. The molecule has 2 rings (SSSR count). The molecule has 1 fully saturated rings. The summed E-state index contributed by atoms with van der Waals surface area (Å²) < 4.78 is 5.84. The summed E-state index contributed by atoms with van der Waals surface area (Å²) in [4.78, 5) is 15.0. The van der Waals surface area contributed by atoms with E-state index in [9.17, 15) is 15.0 Å². The van der Waals surface area contributed by atoms with Crippen molar-refractivity contribution in [2.45, 2.75) is 17.9 Å². The monoisotopic (exact) mass is 243 g/mol. The van der Waals surface area contributed by atoms with Crippen molar-refractivity contribution in [3.05, 3.63) is 22.7 Å². The van der Waals surface area contributed by atoms with Gasteiger partial charge in [0.2, 0.25) is 0 Å². The summed E-state index contributed by atoms with van der Waals surface area (Å²) in [6.07, 6.45) is -1.14. The molecular weight excluding hydrogens is 230 g/mol. The van der Waals surface area contributed by atoms with Crippen molar-refractivity contribution >= 4 is 5.82 Å². The minimum Gasteiger partial charge on any atom is -0.394 e. The normalized spacial score (nSPS) is 32.9. The van der Waals surface area contributed by atoms with Gasteiger partial charge in [0.05, 0.1) is 13.2 Å². The molecule has 8 heteroatoms. The maximum atomic E-state index is 11.6. The third-order valence-corrected chi connectivity index (χ3v) is 2.76. The molecule has 0 radical (unpaired) electrons. The molecule has 3 atom stereocenters. The van der Waals surface area contributed by atoms with E-state index in [1.807, 2.05) is 0 Å². The Morgan fingerprint density at radius 1 is 1.71 bits per heavy atom. The van der Waals surface area contributed by atoms with Crippen molar-refractivity contribution in [1.29, 1.82) is 0 Å². The molecule has 0 aliphatic carbocycles. The van der Waals surface area contributed by atoms with E-state index < -0.39 is 30.2 Å². The van der Waals surface area contributed by atoms with Crippen LogP contribution in [0.2, 0.25) is 0 Å². The molecule has 0 spiro atoms. The lowest BCUT2D eigenvalue weighted by Crippen LogP contribution is -2.51. The Morgan fingerprint density at radius 2 is 2.41 bits per heavy atom. The summed E-state index contributed by atoms with van der Waals surface area (Å²) >= 11 is 0. The van der Waals surface area contributed by atoms with E-state index in [-0.39, 0.29) is 12.4 Å². The molecular formula is C9H13N3O5. The number of aliphatic hydroxyl groups excluding tert-OH is 2. The Bertz CT molecular complexity index is 476. The van der Waals surface area contributed by atoms with Crippen LogP contribution in [0.5, 0.6) is 0 Å². The maximum absolute atomic E-state index is 11.6. The van der Waals surface area contributed by atoms with E-state index in [1.54, 1.807) is 0 Å². The van der Waals surface area contributed by atoms with Crippen LogP contribution < -0.4 is 11.4 Å². The Hall–Kier alpha value is -1.48. The maximum Gasteiger partial charge on any atom is 0.351 e. The number of ether oxygens (including phenoxy) is 1. The van der Waals surface area contributed by atoms with Gasteiger partial charge in [-0.05, 0) is 6.07 Å². The number of rotatable bonds is 2. The van der Waals surface area contributed by atoms with Gasteiger partial charge in [0, 0.05) is 6.20 Å². The van der Waals surface area contributed by atoms with Crippen LogP contribution in [-0.4, -0.2) is 50.3 Å². The van der Waals surface area contributed by atoms with Crippen LogP contribution in [0, 0.1) is 0 Å². The lowest BCUT2D eigenvalue weighted by Gasteiger charge is -2.27. The fourth-order valence-corrected chi connectivity index (χ4v) is 1.78. The van der Waals surface area contributed by atoms with Gasteiger partial charge in [-0.15, -0.1) is 0 Å². The van der Waals surface area contributed by atoms with Crippen molar-refractivity contribution in [1.82, 2.24) is 9.55 Å². The van der Waals surface area contributed by atoms with E-state index in [2.05, 4.69) is 4.98 Å². The number of nitrogen functional groups attached to an aromatic ring is 1. The highest BCUT2D eigenvalue weighted by molar-refractivity contribution is 5.24. The summed E-state index contributed by atoms with van der Waals surface area (Å²) in [6.45, 7) is -0.772. The number of aromatic nitrogens is 2. The van der Waals surface area contributed by atoms with Crippen LogP contribution in [0.4, 0.5) is 5.82 Å². The molecule has 0 bridgehead atoms. The number of aliphatic hydroxyl groups is 3. The van der Waals surface area contributed by atoms with Crippen LogP contribution >= 0.6 is 0 Å². The number of hydrogen-bond donors (Lipinski definition) is 4. The molecule has 1 aromatic rings. The molecule has 1 aliphatic heterocycles. The standard InChI is InChI=1S/C9H13N3O5/c10-6-1-2-12(8(15)11-6)9(16)4-17-5(3-13)7(9)14/h1-2,5,7,13-14,16H,3-4H2,(H2,10,11,15). The Kier molecular flexibility index (Phi) is 2.87. The van der Waals surface area contributed by atoms with Gasteiger partial charge < -0.3 is 25.8 Å². The third-order valence-electron chi connectivity index (χ3n) is 2.76. The van der Waals surface area contributed by atoms with Gasteiger partial charge in [0.1, 0.15) is 18.0 Å².